The summed E-state index contributed by atoms with van der Waals surface area (Å²) in [6.07, 6.45) is 2.80. The van der Waals surface area contributed by atoms with Crippen LogP contribution in [-0.2, 0) is 10.0 Å². The van der Waals surface area contributed by atoms with E-state index in [1.165, 1.54) is 0 Å². The summed E-state index contributed by atoms with van der Waals surface area (Å²) in [4.78, 5) is 2.04. The predicted octanol–water partition coefficient (Wildman–Crippen LogP) is 0.882. The first-order chi connectivity index (χ1) is 9.28. The second-order valence-electron chi connectivity index (χ2n) is 6.68. The van der Waals surface area contributed by atoms with Crippen molar-refractivity contribution in [1.82, 2.24) is 14.9 Å². The molecule has 120 valence electrons. The van der Waals surface area contributed by atoms with E-state index in [1.807, 2.05) is 19.0 Å². The Morgan fingerprint density at radius 3 is 2.35 bits per heavy atom. The Balaban J connectivity index is 2.54. The molecule has 1 atom stereocenters. The average molecular weight is 305 g/mol. The van der Waals surface area contributed by atoms with E-state index in [0.717, 1.165) is 38.9 Å². The fraction of sp³-hybridized carbons (Fsp3) is 1.00. The highest BCUT2D eigenvalue weighted by molar-refractivity contribution is 7.89. The van der Waals surface area contributed by atoms with Crippen molar-refractivity contribution >= 4 is 10.0 Å². The van der Waals surface area contributed by atoms with Gasteiger partial charge in [0.25, 0.3) is 0 Å². The molecule has 0 aromatic heterocycles. The Labute approximate surface area is 124 Å². The van der Waals surface area contributed by atoms with Gasteiger partial charge in [-0.2, -0.15) is 0 Å². The maximum absolute atomic E-state index is 12.3. The van der Waals surface area contributed by atoms with Crippen LogP contribution in [0.25, 0.3) is 0 Å². The van der Waals surface area contributed by atoms with Gasteiger partial charge in [-0.15, -0.1) is 0 Å². The lowest BCUT2D eigenvalue weighted by Crippen LogP contribution is -2.45. The highest BCUT2D eigenvalue weighted by atomic mass is 32.2. The predicted molar refractivity (Wildman–Crippen MR) is 84.3 cm³/mol. The second kappa shape index (κ2) is 8.32. The van der Waals surface area contributed by atoms with Crippen LogP contribution in [0.3, 0.4) is 0 Å². The molecule has 0 saturated carbocycles. The van der Waals surface area contributed by atoms with E-state index < -0.39 is 10.0 Å². The smallest absolute Gasteiger partial charge is 0.212 e. The zero-order chi connectivity index (χ0) is 15.2. The van der Waals surface area contributed by atoms with Gasteiger partial charge in [0, 0.05) is 12.6 Å². The molecule has 0 aromatic rings. The van der Waals surface area contributed by atoms with E-state index >= 15 is 0 Å². The minimum atomic E-state index is -3.18. The molecule has 0 bridgehead atoms. The topological polar surface area (TPSA) is 61.4 Å². The molecule has 5 nitrogen and oxygen atoms in total. The molecule has 1 rings (SSSR count). The first-order valence-corrected chi connectivity index (χ1v) is 9.29. The van der Waals surface area contributed by atoms with E-state index in [2.05, 4.69) is 23.9 Å². The average Bonchev–Trinajstić information content (AvgIpc) is 2.26. The molecule has 20 heavy (non-hydrogen) atoms. The molecule has 0 radical (unpaired) electrons. The number of nitrogens with one attached hydrogen (secondary N) is 2. The zero-order valence-corrected chi connectivity index (χ0v) is 14.2. The zero-order valence-electron chi connectivity index (χ0n) is 13.4. The largest absolute Gasteiger partial charge is 0.317 e. The molecule has 1 heterocycles. The summed E-state index contributed by atoms with van der Waals surface area (Å²) in [5.74, 6) is 1.06. The van der Waals surface area contributed by atoms with Gasteiger partial charge in [0.05, 0.1) is 5.75 Å². The van der Waals surface area contributed by atoms with Crippen LogP contribution in [0.1, 0.15) is 33.1 Å². The van der Waals surface area contributed by atoms with Gasteiger partial charge in [0.2, 0.25) is 10.0 Å². The van der Waals surface area contributed by atoms with Crippen LogP contribution in [0.4, 0.5) is 0 Å². The third-order valence-electron chi connectivity index (χ3n) is 3.60. The van der Waals surface area contributed by atoms with Crippen molar-refractivity contribution in [3.05, 3.63) is 0 Å². The summed E-state index contributed by atoms with van der Waals surface area (Å²) in [6, 6.07) is 0.0108. The summed E-state index contributed by atoms with van der Waals surface area (Å²) in [5, 5.41) is 3.27. The highest BCUT2D eigenvalue weighted by Crippen LogP contribution is 2.15. The summed E-state index contributed by atoms with van der Waals surface area (Å²) < 4.78 is 27.6. The van der Waals surface area contributed by atoms with Gasteiger partial charge >= 0.3 is 0 Å². The van der Waals surface area contributed by atoms with Crippen molar-refractivity contribution < 1.29 is 8.42 Å². The Hall–Kier alpha value is -0.170. The number of rotatable bonds is 8. The molecule has 0 spiro atoms. The maximum atomic E-state index is 12.3. The SMILES string of the molecule is CC(C)CC(CN(C)C)NS(=O)(=O)CC1CCNCC1. The quantitative estimate of drug-likeness (QED) is 0.699. The van der Waals surface area contributed by atoms with Gasteiger partial charge in [0.15, 0.2) is 0 Å². The Morgan fingerprint density at radius 2 is 1.85 bits per heavy atom. The van der Waals surface area contributed by atoms with Crippen molar-refractivity contribution in [1.29, 1.82) is 0 Å². The standard InChI is InChI=1S/C14H31N3O2S/c1-12(2)9-14(10-17(3)4)16-20(18,19)11-13-5-7-15-8-6-13/h12-16H,5-11H2,1-4H3. The normalized spacial score (nSPS) is 19.7. The van der Waals surface area contributed by atoms with Crippen molar-refractivity contribution in [3.8, 4) is 0 Å². The van der Waals surface area contributed by atoms with E-state index in [0.29, 0.717) is 11.8 Å². The Kier molecular flexibility index (Phi) is 7.43. The van der Waals surface area contributed by atoms with E-state index in [4.69, 9.17) is 0 Å². The van der Waals surface area contributed by atoms with Crippen LogP contribution in [0.5, 0.6) is 0 Å². The lowest BCUT2D eigenvalue weighted by atomic mass is 10.0. The van der Waals surface area contributed by atoms with Crippen LogP contribution >= 0.6 is 0 Å². The van der Waals surface area contributed by atoms with Gasteiger partial charge in [0.1, 0.15) is 0 Å². The molecule has 0 amide bonds. The highest BCUT2D eigenvalue weighted by Gasteiger charge is 2.24. The summed E-state index contributed by atoms with van der Waals surface area (Å²) in [5.41, 5.74) is 0. The molecule has 1 saturated heterocycles. The summed E-state index contributed by atoms with van der Waals surface area (Å²) >= 11 is 0. The third-order valence-corrected chi connectivity index (χ3v) is 5.20. The molecular weight excluding hydrogens is 274 g/mol. The van der Waals surface area contributed by atoms with E-state index in [-0.39, 0.29) is 11.8 Å². The number of piperidine rings is 1. The van der Waals surface area contributed by atoms with E-state index in [9.17, 15) is 8.42 Å². The van der Waals surface area contributed by atoms with Gasteiger partial charge in [-0.05, 0) is 58.3 Å². The Morgan fingerprint density at radius 1 is 1.25 bits per heavy atom. The maximum Gasteiger partial charge on any atom is 0.212 e. The van der Waals surface area contributed by atoms with Gasteiger partial charge in [-0.3, -0.25) is 0 Å². The van der Waals surface area contributed by atoms with Crippen molar-refractivity contribution in [2.24, 2.45) is 11.8 Å². The van der Waals surface area contributed by atoms with Crippen LogP contribution < -0.4 is 10.0 Å². The Bertz CT molecular complexity index is 353. The monoisotopic (exact) mass is 305 g/mol. The first kappa shape index (κ1) is 17.9. The van der Waals surface area contributed by atoms with Crippen LogP contribution in [0.2, 0.25) is 0 Å². The van der Waals surface area contributed by atoms with Crippen LogP contribution in [0.15, 0.2) is 0 Å². The van der Waals surface area contributed by atoms with E-state index in [1.54, 1.807) is 0 Å². The molecule has 1 unspecified atom stereocenters. The summed E-state index contributed by atoms with van der Waals surface area (Å²) in [7, 11) is 0.785. The fourth-order valence-corrected chi connectivity index (χ4v) is 4.56. The minimum absolute atomic E-state index is 0.0108. The molecule has 2 N–H and O–H groups in total. The fourth-order valence-electron chi connectivity index (χ4n) is 2.83. The molecule has 6 heteroatoms. The molecule has 1 fully saturated rings. The van der Waals surface area contributed by atoms with Crippen molar-refractivity contribution in [2.45, 2.75) is 39.2 Å². The van der Waals surface area contributed by atoms with Crippen LogP contribution in [0, 0.1) is 11.8 Å². The summed E-state index contributed by atoms with van der Waals surface area (Å²) in [6.45, 7) is 6.89. The van der Waals surface area contributed by atoms with Crippen molar-refractivity contribution in [2.75, 3.05) is 39.5 Å². The van der Waals surface area contributed by atoms with Gasteiger partial charge in [-0.25, -0.2) is 13.1 Å². The molecule has 1 aliphatic heterocycles. The molecule has 1 aliphatic rings. The first-order valence-electron chi connectivity index (χ1n) is 7.64. The van der Waals surface area contributed by atoms with Crippen molar-refractivity contribution in [3.63, 3.8) is 0 Å². The number of likely N-dealkylation sites (N-methyl/N-ethyl adjacent to an activating group) is 1. The van der Waals surface area contributed by atoms with Gasteiger partial charge in [-0.1, -0.05) is 13.8 Å². The minimum Gasteiger partial charge on any atom is -0.317 e. The number of nitrogens with zero attached hydrogens (tertiary/aromatic N) is 1. The molecule has 0 aliphatic carbocycles. The molecule has 0 aromatic carbocycles. The number of hydrogen-bond donors (Lipinski definition) is 2. The lowest BCUT2D eigenvalue weighted by molar-refractivity contribution is 0.328. The second-order valence-corrected chi connectivity index (χ2v) is 8.48. The van der Waals surface area contributed by atoms with Crippen LogP contribution in [-0.4, -0.2) is 58.8 Å². The number of sulfonamides is 1. The van der Waals surface area contributed by atoms with Gasteiger partial charge < -0.3 is 10.2 Å². The number of hydrogen-bond acceptors (Lipinski definition) is 4. The molecular formula is C14H31N3O2S. The third kappa shape index (κ3) is 7.57. The lowest BCUT2D eigenvalue weighted by Gasteiger charge is -2.26.